The molecule has 0 spiro atoms. The Bertz CT molecular complexity index is 1050. The van der Waals surface area contributed by atoms with Crippen molar-refractivity contribution in [3.8, 4) is 0 Å². The first kappa shape index (κ1) is 23.2. The van der Waals surface area contributed by atoms with Crippen LogP contribution in [-0.2, 0) is 19.6 Å². The Balaban J connectivity index is 1.73. The molecule has 1 saturated heterocycles. The number of amides is 1. The van der Waals surface area contributed by atoms with Gasteiger partial charge < -0.3 is 9.64 Å². The van der Waals surface area contributed by atoms with Crippen LogP contribution in [0.2, 0.25) is 5.02 Å². The zero-order chi connectivity index (χ0) is 22.6. The van der Waals surface area contributed by atoms with Crippen LogP contribution in [0, 0.1) is 0 Å². The monoisotopic (exact) mass is 465 g/mol. The van der Waals surface area contributed by atoms with Crippen LogP contribution in [0.4, 0.5) is 0 Å². The molecule has 1 amide bonds. The van der Waals surface area contributed by atoms with Gasteiger partial charge in [-0.1, -0.05) is 29.8 Å². The molecule has 1 atom stereocenters. The fourth-order valence-electron chi connectivity index (χ4n) is 3.53. The minimum atomic E-state index is -3.64. The van der Waals surface area contributed by atoms with Gasteiger partial charge in [0.05, 0.1) is 12.0 Å². The predicted octanol–water partition coefficient (Wildman–Crippen LogP) is 1.92. The van der Waals surface area contributed by atoms with Crippen molar-refractivity contribution in [3.63, 3.8) is 0 Å². The largest absolute Gasteiger partial charge is 0.468 e. The fraction of sp³-hybridized carbons (Fsp3) is 0.333. The summed E-state index contributed by atoms with van der Waals surface area (Å²) < 4.78 is 31.3. The lowest BCUT2D eigenvalue weighted by Crippen LogP contribution is -2.51. The molecule has 0 aromatic heterocycles. The molecule has 1 aliphatic rings. The Hall–Kier alpha value is -2.46. The molecule has 1 unspecified atom stereocenters. The number of nitrogens with zero attached hydrogens (tertiary/aromatic N) is 2. The molecular weight excluding hydrogens is 442 g/mol. The Kier molecular flexibility index (Phi) is 7.32. The van der Waals surface area contributed by atoms with Crippen LogP contribution in [0.5, 0.6) is 0 Å². The van der Waals surface area contributed by atoms with E-state index in [-0.39, 0.29) is 16.8 Å². The number of methoxy groups -OCH3 is 1. The van der Waals surface area contributed by atoms with Gasteiger partial charge in [-0.05, 0) is 42.9 Å². The van der Waals surface area contributed by atoms with Crippen molar-refractivity contribution in [1.82, 2.24) is 14.5 Å². The molecule has 0 aliphatic carbocycles. The molecule has 1 N–H and O–H groups in total. The van der Waals surface area contributed by atoms with Gasteiger partial charge in [0, 0.05) is 36.8 Å². The van der Waals surface area contributed by atoms with Gasteiger partial charge in [-0.3, -0.25) is 9.69 Å². The predicted molar refractivity (Wildman–Crippen MR) is 116 cm³/mol. The number of piperazine rings is 1. The third kappa shape index (κ3) is 5.24. The Labute approximate surface area is 186 Å². The molecule has 0 radical (unpaired) electrons. The molecule has 166 valence electrons. The lowest BCUT2D eigenvalue weighted by atomic mass is 10.0. The van der Waals surface area contributed by atoms with Crippen LogP contribution in [0.15, 0.2) is 53.4 Å². The lowest BCUT2D eigenvalue weighted by molar-refractivity contribution is -0.148. The number of carbonyl (C=O) groups is 2. The molecule has 0 saturated carbocycles. The quantitative estimate of drug-likeness (QED) is 0.655. The topological polar surface area (TPSA) is 96.0 Å². The van der Waals surface area contributed by atoms with Crippen molar-refractivity contribution < 1.29 is 22.7 Å². The van der Waals surface area contributed by atoms with Crippen LogP contribution in [0.1, 0.15) is 22.0 Å². The SMILES string of the molecule is CNS(=O)(=O)c1cccc(C(=O)N2CCN(C(C(=O)OC)c3ccc(Cl)cc3)CC2)c1. The first-order chi connectivity index (χ1) is 14.8. The van der Waals surface area contributed by atoms with E-state index in [1.807, 2.05) is 4.90 Å². The van der Waals surface area contributed by atoms with Gasteiger partial charge in [0.1, 0.15) is 6.04 Å². The fourth-order valence-corrected chi connectivity index (χ4v) is 4.43. The van der Waals surface area contributed by atoms with Crippen molar-refractivity contribution in [2.45, 2.75) is 10.9 Å². The summed E-state index contributed by atoms with van der Waals surface area (Å²) >= 11 is 5.96. The first-order valence-electron chi connectivity index (χ1n) is 9.67. The summed E-state index contributed by atoms with van der Waals surface area (Å²) in [6.45, 7) is 1.71. The second-order valence-electron chi connectivity index (χ2n) is 7.04. The number of rotatable bonds is 6. The van der Waals surface area contributed by atoms with Crippen molar-refractivity contribution in [2.75, 3.05) is 40.3 Å². The summed E-state index contributed by atoms with van der Waals surface area (Å²) in [5.41, 5.74) is 1.06. The average molecular weight is 466 g/mol. The maximum absolute atomic E-state index is 12.9. The minimum absolute atomic E-state index is 0.0352. The van der Waals surface area contributed by atoms with Gasteiger partial charge in [-0.2, -0.15) is 0 Å². The minimum Gasteiger partial charge on any atom is -0.468 e. The molecule has 1 heterocycles. The van der Waals surface area contributed by atoms with Crippen molar-refractivity contribution in [3.05, 3.63) is 64.7 Å². The number of hydrogen-bond donors (Lipinski definition) is 1. The molecule has 0 bridgehead atoms. The van der Waals surface area contributed by atoms with Gasteiger partial charge >= 0.3 is 5.97 Å². The number of carbonyl (C=O) groups excluding carboxylic acids is 2. The Morgan fingerprint density at radius 1 is 1.06 bits per heavy atom. The normalized spacial score (nSPS) is 16.0. The van der Waals surface area contributed by atoms with Crippen LogP contribution < -0.4 is 4.72 Å². The van der Waals surface area contributed by atoms with Crippen molar-refractivity contribution in [1.29, 1.82) is 0 Å². The average Bonchev–Trinajstić information content (AvgIpc) is 2.80. The van der Waals surface area contributed by atoms with E-state index in [0.717, 1.165) is 5.56 Å². The van der Waals surface area contributed by atoms with E-state index in [1.165, 1.54) is 26.3 Å². The maximum atomic E-state index is 12.9. The molecule has 1 aliphatic heterocycles. The Morgan fingerprint density at radius 3 is 2.29 bits per heavy atom. The van der Waals surface area contributed by atoms with Crippen LogP contribution in [0.3, 0.4) is 0 Å². The highest BCUT2D eigenvalue weighted by Crippen LogP contribution is 2.25. The highest BCUT2D eigenvalue weighted by molar-refractivity contribution is 7.89. The number of hydrogen-bond acceptors (Lipinski definition) is 6. The molecule has 8 nitrogen and oxygen atoms in total. The zero-order valence-electron chi connectivity index (χ0n) is 17.2. The van der Waals surface area contributed by atoms with E-state index in [0.29, 0.717) is 36.8 Å². The summed E-state index contributed by atoms with van der Waals surface area (Å²) in [6.07, 6.45) is 0. The van der Waals surface area contributed by atoms with Crippen LogP contribution in [-0.4, -0.2) is 70.4 Å². The van der Waals surface area contributed by atoms with Gasteiger partial charge in [0.25, 0.3) is 5.91 Å². The van der Waals surface area contributed by atoms with Crippen LogP contribution >= 0.6 is 11.6 Å². The molecular formula is C21H24ClN3O5S. The summed E-state index contributed by atoms with van der Waals surface area (Å²) in [5.74, 6) is -0.638. The lowest BCUT2D eigenvalue weighted by Gasteiger charge is -2.38. The summed E-state index contributed by atoms with van der Waals surface area (Å²) in [6, 6.07) is 12.4. The van der Waals surface area contributed by atoms with E-state index < -0.39 is 16.1 Å². The Morgan fingerprint density at radius 2 is 1.71 bits per heavy atom. The first-order valence-corrected chi connectivity index (χ1v) is 11.5. The summed E-state index contributed by atoms with van der Waals surface area (Å²) in [5, 5.41) is 0.574. The molecule has 3 rings (SSSR count). The van der Waals surface area contributed by atoms with Gasteiger partial charge in [0.15, 0.2) is 0 Å². The number of esters is 1. The van der Waals surface area contributed by atoms with Crippen molar-refractivity contribution in [2.24, 2.45) is 0 Å². The van der Waals surface area contributed by atoms with E-state index in [4.69, 9.17) is 16.3 Å². The number of halogens is 1. The van der Waals surface area contributed by atoms with Gasteiger partial charge in [-0.15, -0.1) is 0 Å². The number of sulfonamides is 1. The third-order valence-corrected chi connectivity index (χ3v) is 6.90. The van der Waals surface area contributed by atoms with Gasteiger partial charge in [-0.25, -0.2) is 17.9 Å². The van der Waals surface area contributed by atoms with E-state index in [1.54, 1.807) is 41.3 Å². The molecule has 10 heteroatoms. The standard InChI is InChI=1S/C21H24ClN3O5S/c1-23-31(28,29)18-5-3-4-16(14-18)20(26)25-12-10-24(11-13-25)19(21(27)30-2)15-6-8-17(22)9-7-15/h3-9,14,19,23H,10-13H2,1-2H3. The zero-order valence-corrected chi connectivity index (χ0v) is 18.8. The maximum Gasteiger partial charge on any atom is 0.327 e. The second-order valence-corrected chi connectivity index (χ2v) is 9.36. The van der Waals surface area contributed by atoms with E-state index >= 15 is 0 Å². The third-order valence-electron chi connectivity index (χ3n) is 5.24. The van der Waals surface area contributed by atoms with Crippen LogP contribution in [0.25, 0.3) is 0 Å². The highest BCUT2D eigenvalue weighted by Gasteiger charge is 2.32. The molecule has 1 fully saturated rings. The molecule has 2 aromatic carbocycles. The van der Waals surface area contributed by atoms with Gasteiger partial charge in [0.2, 0.25) is 10.0 Å². The van der Waals surface area contributed by atoms with E-state index in [9.17, 15) is 18.0 Å². The highest BCUT2D eigenvalue weighted by atomic mass is 35.5. The summed E-state index contributed by atoms with van der Waals surface area (Å²) in [7, 11) is -0.976. The molecule has 2 aromatic rings. The number of ether oxygens (including phenoxy) is 1. The molecule has 31 heavy (non-hydrogen) atoms. The van der Waals surface area contributed by atoms with E-state index in [2.05, 4.69) is 4.72 Å². The van der Waals surface area contributed by atoms with Crippen molar-refractivity contribution >= 4 is 33.5 Å². The summed E-state index contributed by atoms with van der Waals surface area (Å²) in [4.78, 5) is 29.0. The second kappa shape index (κ2) is 9.78. The number of benzene rings is 2. The number of nitrogens with one attached hydrogen (secondary N) is 1. The smallest absolute Gasteiger partial charge is 0.327 e.